The summed E-state index contributed by atoms with van der Waals surface area (Å²) in [6.07, 6.45) is 2.78. The second kappa shape index (κ2) is 3.88. The Morgan fingerprint density at radius 3 is 2.69 bits per heavy atom. The monoisotopic (exact) mass is 239 g/mol. The summed E-state index contributed by atoms with van der Waals surface area (Å²) in [5, 5.41) is 3.70. The van der Waals surface area contributed by atoms with Crippen molar-refractivity contribution >= 4 is 17.4 Å². The maximum atomic E-state index is 6.20. The minimum absolute atomic E-state index is 0.124. The van der Waals surface area contributed by atoms with Crippen molar-refractivity contribution in [3.8, 4) is 0 Å². The largest absolute Gasteiger partial charge is 0.365 e. The fraction of sp³-hybridized carbons (Fsp3) is 0.667. The Hall–Kier alpha value is -0.830. The first-order chi connectivity index (χ1) is 7.41. The van der Waals surface area contributed by atoms with Gasteiger partial charge in [-0.3, -0.25) is 4.98 Å². The predicted octanol–water partition coefficient (Wildman–Crippen LogP) is 2.91. The maximum absolute atomic E-state index is 6.20. The lowest BCUT2D eigenvalue weighted by atomic mass is 9.67. The SMILES string of the molecule is Cc1cnc(C)c(NC2CC(Cl)C2(C)C)n1. The standard InChI is InChI=1S/C12H18ClN3/c1-7-6-14-8(2)11(15-7)16-10-5-9(13)12(10,3)4/h6,9-10H,5H2,1-4H3,(H,15,16). The first-order valence-corrected chi connectivity index (χ1v) is 6.05. The molecule has 0 aliphatic heterocycles. The molecule has 88 valence electrons. The fourth-order valence-electron chi connectivity index (χ4n) is 1.96. The Labute approximate surface area is 102 Å². The van der Waals surface area contributed by atoms with Crippen molar-refractivity contribution in [1.82, 2.24) is 9.97 Å². The van der Waals surface area contributed by atoms with E-state index in [1.807, 2.05) is 13.8 Å². The smallest absolute Gasteiger partial charge is 0.147 e. The third-order valence-electron chi connectivity index (χ3n) is 3.53. The van der Waals surface area contributed by atoms with Crippen molar-refractivity contribution in [1.29, 1.82) is 0 Å². The van der Waals surface area contributed by atoms with E-state index in [2.05, 4.69) is 29.1 Å². The van der Waals surface area contributed by atoms with Gasteiger partial charge in [0.25, 0.3) is 0 Å². The molecule has 4 heteroatoms. The van der Waals surface area contributed by atoms with Crippen LogP contribution in [0, 0.1) is 19.3 Å². The summed E-state index contributed by atoms with van der Waals surface area (Å²) >= 11 is 6.20. The molecule has 1 aromatic rings. The first-order valence-electron chi connectivity index (χ1n) is 5.62. The normalized spacial score (nSPS) is 27.3. The molecular weight excluding hydrogens is 222 g/mol. The minimum atomic E-state index is 0.124. The summed E-state index contributed by atoms with van der Waals surface area (Å²) in [6, 6.07) is 0.393. The maximum Gasteiger partial charge on any atom is 0.147 e. The molecule has 1 aliphatic carbocycles. The van der Waals surface area contributed by atoms with Gasteiger partial charge in [-0.15, -0.1) is 11.6 Å². The third-order valence-corrected chi connectivity index (χ3v) is 4.28. The second-order valence-electron chi connectivity index (χ2n) is 5.17. The summed E-state index contributed by atoms with van der Waals surface area (Å²) in [4.78, 5) is 8.77. The summed E-state index contributed by atoms with van der Waals surface area (Å²) in [6.45, 7) is 8.29. The Morgan fingerprint density at radius 1 is 1.44 bits per heavy atom. The molecule has 0 amide bonds. The van der Waals surface area contributed by atoms with Crippen molar-refractivity contribution in [3.05, 3.63) is 17.6 Å². The molecule has 1 heterocycles. The van der Waals surface area contributed by atoms with Crippen molar-refractivity contribution in [2.45, 2.75) is 45.5 Å². The Balaban J connectivity index is 2.13. The van der Waals surface area contributed by atoms with Crippen LogP contribution in [-0.4, -0.2) is 21.4 Å². The molecular formula is C12H18ClN3. The van der Waals surface area contributed by atoms with Crippen LogP contribution < -0.4 is 5.32 Å². The van der Waals surface area contributed by atoms with Gasteiger partial charge in [0.1, 0.15) is 5.82 Å². The highest BCUT2D eigenvalue weighted by Gasteiger charge is 2.47. The van der Waals surface area contributed by atoms with Gasteiger partial charge in [0.05, 0.1) is 11.4 Å². The lowest BCUT2D eigenvalue weighted by Gasteiger charge is -2.49. The number of nitrogens with one attached hydrogen (secondary N) is 1. The molecule has 1 aromatic heterocycles. The Morgan fingerprint density at radius 2 is 2.12 bits per heavy atom. The zero-order chi connectivity index (χ0) is 11.9. The molecule has 1 fully saturated rings. The van der Waals surface area contributed by atoms with Gasteiger partial charge in [0, 0.05) is 23.0 Å². The molecule has 0 radical (unpaired) electrons. The van der Waals surface area contributed by atoms with Crippen molar-refractivity contribution < 1.29 is 0 Å². The average Bonchev–Trinajstić information content (AvgIpc) is 2.23. The van der Waals surface area contributed by atoms with E-state index in [0.717, 1.165) is 23.6 Å². The van der Waals surface area contributed by atoms with Gasteiger partial charge in [0.2, 0.25) is 0 Å². The van der Waals surface area contributed by atoms with Crippen LogP contribution in [0.3, 0.4) is 0 Å². The number of aryl methyl sites for hydroxylation is 2. The number of hydrogen-bond acceptors (Lipinski definition) is 3. The quantitative estimate of drug-likeness (QED) is 0.807. The van der Waals surface area contributed by atoms with E-state index < -0.39 is 0 Å². The van der Waals surface area contributed by atoms with Gasteiger partial charge in [-0.25, -0.2) is 4.98 Å². The van der Waals surface area contributed by atoms with Gasteiger partial charge < -0.3 is 5.32 Å². The average molecular weight is 240 g/mol. The lowest BCUT2D eigenvalue weighted by Crippen LogP contribution is -2.54. The third kappa shape index (κ3) is 1.88. The van der Waals surface area contributed by atoms with Gasteiger partial charge in [-0.05, 0) is 20.3 Å². The molecule has 3 nitrogen and oxygen atoms in total. The molecule has 2 unspecified atom stereocenters. The van der Waals surface area contributed by atoms with Crippen LogP contribution >= 0.6 is 11.6 Å². The van der Waals surface area contributed by atoms with Gasteiger partial charge in [-0.1, -0.05) is 13.8 Å². The van der Waals surface area contributed by atoms with Crippen LogP contribution in [0.25, 0.3) is 0 Å². The molecule has 2 atom stereocenters. The van der Waals surface area contributed by atoms with Crippen LogP contribution in [0.4, 0.5) is 5.82 Å². The lowest BCUT2D eigenvalue weighted by molar-refractivity contribution is 0.168. The first kappa shape index (κ1) is 11.6. The molecule has 1 saturated carbocycles. The van der Waals surface area contributed by atoms with Crippen LogP contribution in [0.2, 0.25) is 0 Å². The fourth-order valence-corrected chi connectivity index (χ4v) is 2.29. The van der Waals surface area contributed by atoms with Gasteiger partial charge in [0.15, 0.2) is 0 Å². The molecule has 0 spiro atoms. The van der Waals surface area contributed by atoms with Crippen molar-refractivity contribution in [2.75, 3.05) is 5.32 Å². The number of hydrogen-bond donors (Lipinski definition) is 1. The van der Waals surface area contributed by atoms with Crippen molar-refractivity contribution in [2.24, 2.45) is 5.41 Å². The van der Waals surface area contributed by atoms with Crippen LogP contribution in [-0.2, 0) is 0 Å². The summed E-state index contributed by atoms with van der Waals surface area (Å²) in [7, 11) is 0. The van der Waals surface area contributed by atoms with E-state index in [9.17, 15) is 0 Å². The second-order valence-corrected chi connectivity index (χ2v) is 5.69. The molecule has 0 saturated heterocycles. The highest BCUT2D eigenvalue weighted by molar-refractivity contribution is 6.21. The van der Waals surface area contributed by atoms with Crippen LogP contribution in [0.5, 0.6) is 0 Å². The molecule has 2 rings (SSSR count). The molecule has 1 N–H and O–H groups in total. The highest BCUT2D eigenvalue weighted by Crippen LogP contribution is 2.45. The van der Waals surface area contributed by atoms with E-state index in [-0.39, 0.29) is 10.8 Å². The molecule has 0 bridgehead atoms. The zero-order valence-corrected chi connectivity index (χ0v) is 11.0. The molecule has 0 aromatic carbocycles. The van der Waals surface area contributed by atoms with Crippen LogP contribution in [0.15, 0.2) is 6.20 Å². The predicted molar refractivity (Wildman–Crippen MR) is 67.0 cm³/mol. The number of anilines is 1. The van der Waals surface area contributed by atoms with Crippen molar-refractivity contribution in [3.63, 3.8) is 0 Å². The van der Waals surface area contributed by atoms with Crippen LogP contribution in [0.1, 0.15) is 31.7 Å². The van der Waals surface area contributed by atoms with Gasteiger partial charge >= 0.3 is 0 Å². The van der Waals surface area contributed by atoms with E-state index in [1.165, 1.54) is 0 Å². The number of alkyl halides is 1. The topological polar surface area (TPSA) is 37.8 Å². The summed E-state index contributed by atoms with van der Waals surface area (Å²) < 4.78 is 0. The van der Waals surface area contributed by atoms with E-state index >= 15 is 0 Å². The molecule has 16 heavy (non-hydrogen) atoms. The summed E-state index contributed by atoms with van der Waals surface area (Å²) in [5.74, 6) is 0.890. The Kier molecular flexibility index (Phi) is 2.82. The Bertz CT molecular complexity index is 403. The number of nitrogens with zero attached hydrogens (tertiary/aromatic N) is 2. The molecule has 1 aliphatic rings. The van der Waals surface area contributed by atoms with E-state index in [4.69, 9.17) is 11.6 Å². The zero-order valence-electron chi connectivity index (χ0n) is 10.2. The highest BCUT2D eigenvalue weighted by atomic mass is 35.5. The van der Waals surface area contributed by atoms with Gasteiger partial charge in [-0.2, -0.15) is 0 Å². The number of halogens is 1. The van der Waals surface area contributed by atoms with E-state index in [1.54, 1.807) is 6.20 Å². The number of aromatic nitrogens is 2. The summed E-state index contributed by atoms with van der Waals surface area (Å²) in [5.41, 5.74) is 2.01. The van der Waals surface area contributed by atoms with E-state index in [0.29, 0.717) is 6.04 Å². The minimum Gasteiger partial charge on any atom is -0.365 e. The number of rotatable bonds is 2.